The number of oxazole rings is 1. The van der Waals surface area contributed by atoms with Gasteiger partial charge in [0.2, 0.25) is 5.89 Å². The molecular formula is C20H20BF2NO5S. The predicted molar refractivity (Wildman–Crippen MR) is 108 cm³/mol. The van der Waals surface area contributed by atoms with Crippen LogP contribution < -0.4 is 5.46 Å². The number of benzene rings is 2. The van der Waals surface area contributed by atoms with Crippen LogP contribution in [0.25, 0.3) is 22.6 Å². The third-order valence-electron chi connectivity index (χ3n) is 5.59. The lowest BCUT2D eigenvalue weighted by Gasteiger charge is -2.32. The average molecular weight is 435 g/mol. The van der Waals surface area contributed by atoms with E-state index in [0.29, 0.717) is 5.46 Å². The van der Waals surface area contributed by atoms with Crippen molar-refractivity contribution in [1.29, 1.82) is 0 Å². The van der Waals surface area contributed by atoms with Crippen molar-refractivity contribution in [3.63, 3.8) is 0 Å². The monoisotopic (exact) mass is 435 g/mol. The summed E-state index contributed by atoms with van der Waals surface area (Å²) in [5, 5.41) is 0. The van der Waals surface area contributed by atoms with Crippen LogP contribution >= 0.6 is 0 Å². The zero-order valence-electron chi connectivity index (χ0n) is 17.1. The molecule has 1 fully saturated rings. The number of rotatable bonds is 3. The predicted octanol–water partition coefficient (Wildman–Crippen LogP) is 3.48. The molecule has 2 aromatic carbocycles. The van der Waals surface area contributed by atoms with Crippen molar-refractivity contribution in [2.45, 2.75) is 43.8 Å². The van der Waals surface area contributed by atoms with Crippen LogP contribution in [0.1, 0.15) is 27.7 Å². The second-order valence-corrected chi connectivity index (χ2v) is 10.4. The minimum absolute atomic E-state index is 0.0739. The number of aromatic nitrogens is 1. The summed E-state index contributed by atoms with van der Waals surface area (Å²) in [5.74, 6) is -1.69. The fourth-order valence-corrected chi connectivity index (χ4v) is 3.78. The molecule has 1 aromatic heterocycles. The van der Waals surface area contributed by atoms with Gasteiger partial charge in [-0.1, -0.05) is 0 Å². The summed E-state index contributed by atoms with van der Waals surface area (Å²) in [7, 11) is -4.36. The Labute approximate surface area is 173 Å². The molecule has 1 aliphatic heterocycles. The van der Waals surface area contributed by atoms with Gasteiger partial charge in [0.05, 0.1) is 21.7 Å². The minimum atomic E-state index is -3.57. The number of sulfone groups is 1. The Morgan fingerprint density at radius 2 is 1.60 bits per heavy atom. The molecule has 3 aromatic rings. The Morgan fingerprint density at radius 1 is 0.967 bits per heavy atom. The number of fused-ring (bicyclic) bond motifs is 1. The van der Waals surface area contributed by atoms with Gasteiger partial charge in [-0.3, -0.25) is 0 Å². The number of halogens is 2. The summed E-state index contributed by atoms with van der Waals surface area (Å²) in [4.78, 5) is 4.02. The highest BCUT2D eigenvalue weighted by Gasteiger charge is 2.52. The van der Waals surface area contributed by atoms with Crippen molar-refractivity contribution in [1.82, 2.24) is 4.98 Å². The molecule has 0 unspecified atom stereocenters. The number of nitrogens with zero attached hydrogens (tertiary/aromatic N) is 1. The van der Waals surface area contributed by atoms with Gasteiger partial charge in [0, 0.05) is 6.26 Å². The SMILES string of the molecule is CC1(C)OB(c2cc(F)c3oc(-c4ccc(S(C)(=O)=O)cc4F)nc3c2)OC1(C)C. The van der Waals surface area contributed by atoms with Gasteiger partial charge >= 0.3 is 7.12 Å². The molecule has 6 nitrogen and oxygen atoms in total. The van der Waals surface area contributed by atoms with Crippen molar-refractivity contribution in [2.24, 2.45) is 0 Å². The quantitative estimate of drug-likeness (QED) is 0.587. The summed E-state index contributed by atoms with van der Waals surface area (Å²) < 4.78 is 69.7. The van der Waals surface area contributed by atoms with Crippen LogP contribution in [0, 0.1) is 11.6 Å². The van der Waals surface area contributed by atoms with E-state index in [-0.39, 0.29) is 27.4 Å². The smallest absolute Gasteiger partial charge is 0.433 e. The van der Waals surface area contributed by atoms with Crippen LogP contribution in [-0.4, -0.2) is 38.0 Å². The molecule has 0 radical (unpaired) electrons. The molecule has 0 aliphatic carbocycles. The van der Waals surface area contributed by atoms with Gasteiger partial charge in [-0.25, -0.2) is 22.2 Å². The molecule has 1 saturated heterocycles. The van der Waals surface area contributed by atoms with E-state index in [0.717, 1.165) is 12.3 Å². The molecule has 0 N–H and O–H groups in total. The van der Waals surface area contributed by atoms with Crippen LogP contribution in [-0.2, 0) is 19.1 Å². The first-order valence-corrected chi connectivity index (χ1v) is 11.1. The largest absolute Gasteiger partial charge is 0.495 e. The van der Waals surface area contributed by atoms with E-state index in [9.17, 15) is 17.2 Å². The Morgan fingerprint density at radius 3 is 2.17 bits per heavy atom. The maximum Gasteiger partial charge on any atom is 0.495 e. The minimum Gasteiger partial charge on any atom is -0.433 e. The van der Waals surface area contributed by atoms with Gasteiger partial charge in [-0.05, 0) is 63.5 Å². The van der Waals surface area contributed by atoms with Gasteiger partial charge in [0.1, 0.15) is 11.3 Å². The van der Waals surface area contributed by atoms with Crippen molar-refractivity contribution in [2.75, 3.05) is 6.26 Å². The Balaban J connectivity index is 1.75. The maximum atomic E-state index is 14.7. The lowest BCUT2D eigenvalue weighted by molar-refractivity contribution is 0.00578. The van der Waals surface area contributed by atoms with E-state index in [1.54, 1.807) is 6.07 Å². The molecule has 158 valence electrons. The lowest BCUT2D eigenvalue weighted by atomic mass is 9.79. The molecule has 0 bridgehead atoms. The van der Waals surface area contributed by atoms with Crippen LogP contribution in [0.2, 0.25) is 0 Å². The fraction of sp³-hybridized carbons (Fsp3) is 0.350. The zero-order valence-corrected chi connectivity index (χ0v) is 17.9. The molecule has 4 rings (SSSR count). The summed E-state index contributed by atoms with van der Waals surface area (Å²) in [6.45, 7) is 7.55. The molecular weight excluding hydrogens is 415 g/mol. The molecule has 1 aliphatic rings. The molecule has 0 amide bonds. The van der Waals surface area contributed by atoms with Crippen LogP contribution in [0.5, 0.6) is 0 Å². The second kappa shape index (κ2) is 6.60. The first-order chi connectivity index (χ1) is 13.8. The van der Waals surface area contributed by atoms with Gasteiger partial charge in [0.15, 0.2) is 21.2 Å². The topological polar surface area (TPSA) is 78.6 Å². The number of hydrogen-bond acceptors (Lipinski definition) is 6. The summed E-state index contributed by atoms with van der Waals surface area (Å²) in [6, 6.07) is 6.17. The summed E-state index contributed by atoms with van der Waals surface area (Å²) in [5.41, 5.74) is -0.815. The summed E-state index contributed by atoms with van der Waals surface area (Å²) in [6.07, 6.45) is 0.980. The normalized spacial score (nSPS) is 18.3. The molecule has 0 spiro atoms. The van der Waals surface area contributed by atoms with Crippen LogP contribution in [0.4, 0.5) is 8.78 Å². The van der Waals surface area contributed by atoms with Crippen molar-refractivity contribution in [3.05, 3.63) is 42.0 Å². The van der Waals surface area contributed by atoms with Crippen molar-refractivity contribution >= 4 is 33.5 Å². The van der Waals surface area contributed by atoms with Gasteiger partial charge < -0.3 is 13.7 Å². The van der Waals surface area contributed by atoms with Gasteiger partial charge in [0.25, 0.3) is 0 Å². The first kappa shape index (κ1) is 21.0. The fourth-order valence-electron chi connectivity index (χ4n) is 3.14. The first-order valence-electron chi connectivity index (χ1n) is 9.24. The highest BCUT2D eigenvalue weighted by atomic mass is 32.2. The van der Waals surface area contributed by atoms with E-state index >= 15 is 0 Å². The highest BCUT2D eigenvalue weighted by molar-refractivity contribution is 7.90. The Bertz CT molecular complexity index is 1250. The lowest BCUT2D eigenvalue weighted by Crippen LogP contribution is -2.41. The number of hydrogen-bond donors (Lipinski definition) is 0. The van der Waals surface area contributed by atoms with Gasteiger partial charge in [-0.15, -0.1) is 0 Å². The van der Waals surface area contributed by atoms with E-state index < -0.39 is 39.8 Å². The van der Waals surface area contributed by atoms with Crippen LogP contribution in [0.15, 0.2) is 39.6 Å². The van der Waals surface area contributed by atoms with E-state index in [1.165, 1.54) is 18.2 Å². The molecule has 0 saturated carbocycles. The van der Waals surface area contributed by atoms with Crippen LogP contribution in [0.3, 0.4) is 0 Å². The maximum absolute atomic E-state index is 14.7. The third kappa shape index (κ3) is 3.42. The average Bonchev–Trinajstić information content (AvgIpc) is 3.12. The summed E-state index contributed by atoms with van der Waals surface area (Å²) >= 11 is 0. The Kier molecular flexibility index (Phi) is 4.61. The standard InChI is InChI=1S/C20H20BF2NO5S/c1-19(2)20(3,4)29-21(28-19)11-8-15(23)17-16(9-11)24-18(27-17)13-7-6-12(10-14(13)22)30(5,25)26/h6-10H,1-5H3. The molecule has 0 atom stereocenters. The molecule has 30 heavy (non-hydrogen) atoms. The third-order valence-corrected chi connectivity index (χ3v) is 6.70. The van der Waals surface area contributed by atoms with Crippen molar-refractivity contribution < 1.29 is 30.9 Å². The Hall–Kier alpha value is -2.30. The van der Waals surface area contributed by atoms with E-state index in [1.807, 2.05) is 27.7 Å². The van der Waals surface area contributed by atoms with Crippen molar-refractivity contribution in [3.8, 4) is 11.5 Å². The molecule has 10 heteroatoms. The highest BCUT2D eigenvalue weighted by Crippen LogP contribution is 2.37. The van der Waals surface area contributed by atoms with E-state index in [4.69, 9.17) is 13.7 Å². The zero-order chi connectivity index (χ0) is 22.1. The van der Waals surface area contributed by atoms with E-state index in [2.05, 4.69) is 4.98 Å². The second-order valence-electron chi connectivity index (χ2n) is 8.37. The van der Waals surface area contributed by atoms with Gasteiger partial charge in [-0.2, -0.15) is 0 Å². The molecule has 2 heterocycles.